The number of ketones is 1. The van der Waals surface area contributed by atoms with E-state index in [9.17, 15) is 9.59 Å². The number of hydrogen-bond acceptors (Lipinski definition) is 4. The van der Waals surface area contributed by atoms with E-state index in [-0.39, 0.29) is 12.2 Å². The number of aliphatic hydroxyl groups excluding tert-OH is 1. The number of rotatable bonds is 4. The number of carboxylic acid groups (broad SMARTS) is 1. The van der Waals surface area contributed by atoms with E-state index in [1.807, 2.05) is 0 Å². The summed E-state index contributed by atoms with van der Waals surface area (Å²) in [5, 5.41) is 17.2. The average molecular weight is 216 g/mol. The van der Waals surface area contributed by atoms with E-state index in [2.05, 4.69) is 0 Å². The van der Waals surface area contributed by atoms with E-state index in [0.717, 1.165) is 0 Å². The largest absolute Gasteiger partial charge is 0.480 e. The first-order valence-corrected chi connectivity index (χ1v) is 5.32. The van der Waals surface area contributed by atoms with Gasteiger partial charge in [0.15, 0.2) is 5.78 Å². The first kappa shape index (κ1) is 11.3. The number of carbonyl (C=O) groups is 2. The second kappa shape index (κ2) is 4.61. The third-order valence-electron chi connectivity index (χ3n) is 1.98. The van der Waals surface area contributed by atoms with Gasteiger partial charge in [-0.2, -0.15) is 0 Å². The van der Waals surface area contributed by atoms with E-state index in [1.165, 1.54) is 17.8 Å². The molecule has 0 aliphatic heterocycles. The summed E-state index contributed by atoms with van der Waals surface area (Å²) in [5.41, 5.74) is 0.538. The molecule has 0 saturated carbocycles. The topological polar surface area (TPSA) is 74.6 Å². The third kappa shape index (κ3) is 2.85. The van der Waals surface area contributed by atoms with Crippen molar-refractivity contribution in [3.8, 4) is 0 Å². The van der Waals surface area contributed by atoms with Crippen LogP contribution in [0.1, 0.15) is 13.3 Å². The molecule has 5 heteroatoms. The summed E-state index contributed by atoms with van der Waals surface area (Å²) in [4.78, 5) is 21.7. The molecule has 0 spiro atoms. The van der Waals surface area contributed by atoms with Crippen LogP contribution in [-0.4, -0.2) is 39.1 Å². The predicted molar refractivity (Wildman–Crippen MR) is 53.3 cm³/mol. The van der Waals surface area contributed by atoms with E-state index in [4.69, 9.17) is 10.2 Å². The lowest BCUT2D eigenvalue weighted by Gasteiger charge is -2.05. The van der Waals surface area contributed by atoms with Crippen molar-refractivity contribution in [3.05, 3.63) is 11.6 Å². The molecule has 0 bridgehead atoms. The quantitative estimate of drug-likeness (QED) is 0.713. The van der Waals surface area contributed by atoms with Crippen molar-refractivity contribution in [1.82, 2.24) is 0 Å². The van der Waals surface area contributed by atoms with Crippen molar-refractivity contribution in [2.75, 3.05) is 5.75 Å². The van der Waals surface area contributed by atoms with Crippen LogP contribution in [0.25, 0.3) is 0 Å². The molecule has 2 N–H and O–H groups in total. The van der Waals surface area contributed by atoms with Crippen LogP contribution >= 0.6 is 11.8 Å². The SMILES string of the molecule is CC(SCC1=CC(O)CC1=O)C(=O)O. The maximum absolute atomic E-state index is 11.2. The number of carboxylic acids is 1. The van der Waals surface area contributed by atoms with Crippen LogP contribution in [0.3, 0.4) is 0 Å². The van der Waals surface area contributed by atoms with Crippen molar-refractivity contribution in [2.45, 2.75) is 24.7 Å². The lowest BCUT2D eigenvalue weighted by Crippen LogP contribution is -2.13. The molecular weight excluding hydrogens is 204 g/mol. The Morgan fingerprint density at radius 2 is 2.43 bits per heavy atom. The molecule has 2 atom stereocenters. The number of aliphatic carboxylic acids is 1. The van der Waals surface area contributed by atoms with Gasteiger partial charge in [0.25, 0.3) is 0 Å². The molecule has 0 aromatic carbocycles. The van der Waals surface area contributed by atoms with Crippen molar-refractivity contribution in [2.24, 2.45) is 0 Å². The Kier molecular flexibility index (Phi) is 3.71. The molecule has 0 amide bonds. The summed E-state index contributed by atoms with van der Waals surface area (Å²) < 4.78 is 0. The van der Waals surface area contributed by atoms with Gasteiger partial charge < -0.3 is 10.2 Å². The molecule has 14 heavy (non-hydrogen) atoms. The van der Waals surface area contributed by atoms with Gasteiger partial charge in [-0.1, -0.05) is 0 Å². The number of Topliss-reactive ketones (excluding diaryl/α,β-unsaturated/α-hetero) is 1. The smallest absolute Gasteiger partial charge is 0.316 e. The van der Waals surface area contributed by atoms with E-state index >= 15 is 0 Å². The van der Waals surface area contributed by atoms with Crippen LogP contribution in [0.4, 0.5) is 0 Å². The van der Waals surface area contributed by atoms with Crippen molar-refractivity contribution < 1.29 is 19.8 Å². The molecule has 0 fully saturated rings. The standard InChI is InChI=1S/C9H12O4S/c1-5(9(12)13)14-4-6-2-7(10)3-8(6)11/h2,5,7,10H,3-4H2,1H3,(H,12,13). The monoisotopic (exact) mass is 216 g/mol. The lowest BCUT2D eigenvalue weighted by atomic mass is 10.2. The van der Waals surface area contributed by atoms with Gasteiger partial charge in [0, 0.05) is 17.7 Å². The second-order valence-corrected chi connectivity index (χ2v) is 4.51. The lowest BCUT2D eigenvalue weighted by molar-refractivity contribution is -0.136. The van der Waals surface area contributed by atoms with Crippen molar-refractivity contribution in [3.63, 3.8) is 0 Å². The Morgan fingerprint density at radius 1 is 1.79 bits per heavy atom. The Balaban J connectivity index is 2.42. The van der Waals surface area contributed by atoms with Gasteiger partial charge in [-0.15, -0.1) is 11.8 Å². The summed E-state index contributed by atoms with van der Waals surface area (Å²) in [6, 6.07) is 0. The molecule has 0 heterocycles. The summed E-state index contributed by atoms with van der Waals surface area (Å²) in [6.45, 7) is 1.57. The van der Waals surface area contributed by atoms with Crippen LogP contribution in [0.2, 0.25) is 0 Å². The zero-order valence-corrected chi connectivity index (χ0v) is 8.58. The molecule has 2 unspecified atom stereocenters. The molecule has 78 valence electrons. The molecule has 1 rings (SSSR count). The Hall–Kier alpha value is -0.810. The average Bonchev–Trinajstić information content (AvgIpc) is 2.40. The zero-order valence-electron chi connectivity index (χ0n) is 7.77. The van der Waals surface area contributed by atoms with Gasteiger partial charge in [-0.05, 0) is 13.0 Å². The Morgan fingerprint density at radius 3 is 2.86 bits per heavy atom. The highest BCUT2D eigenvalue weighted by molar-refractivity contribution is 8.00. The van der Waals surface area contributed by atoms with Gasteiger partial charge in [0.1, 0.15) is 0 Å². The summed E-state index contributed by atoms with van der Waals surface area (Å²) in [5.74, 6) is -0.604. The normalized spacial score (nSPS) is 23.4. The van der Waals surface area contributed by atoms with Crippen LogP contribution in [0.5, 0.6) is 0 Å². The maximum Gasteiger partial charge on any atom is 0.316 e. The summed E-state index contributed by atoms with van der Waals surface area (Å²) in [6.07, 6.45) is 0.958. The number of carbonyl (C=O) groups excluding carboxylic acids is 1. The van der Waals surface area contributed by atoms with Gasteiger partial charge in [-0.3, -0.25) is 9.59 Å². The zero-order chi connectivity index (χ0) is 10.7. The molecule has 0 aromatic heterocycles. The fraction of sp³-hybridized carbons (Fsp3) is 0.556. The molecule has 0 saturated heterocycles. The maximum atomic E-state index is 11.2. The van der Waals surface area contributed by atoms with Gasteiger partial charge in [-0.25, -0.2) is 0 Å². The first-order valence-electron chi connectivity index (χ1n) is 4.27. The summed E-state index contributed by atoms with van der Waals surface area (Å²) in [7, 11) is 0. The molecule has 4 nitrogen and oxygen atoms in total. The molecule has 1 aliphatic carbocycles. The van der Waals surface area contributed by atoms with Crippen molar-refractivity contribution >= 4 is 23.5 Å². The number of thioether (sulfide) groups is 1. The van der Waals surface area contributed by atoms with E-state index in [0.29, 0.717) is 11.3 Å². The van der Waals surface area contributed by atoms with Crippen LogP contribution in [0.15, 0.2) is 11.6 Å². The van der Waals surface area contributed by atoms with Crippen LogP contribution in [0, 0.1) is 0 Å². The third-order valence-corrected chi connectivity index (χ3v) is 3.16. The minimum atomic E-state index is -0.887. The first-order chi connectivity index (χ1) is 6.50. The van der Waals surface area contributed by atoms with Gasteiger partial charge in [0.2, 0.25) is 0 Å². The highest BCUT2D eigenvalue weighted by Crippen LogP contribution is 2.21. The fourth-order valence-electron chi connectivity index (χ4n) is 1.12. The van der Waals surface area contributed by atoms with Crippen LogP contribution in [-0.2, 0) is 9.59 Å². The molecule has 0 radical (unpaired) electrons. The second-order valence-electron chi connectivity index (χ2n) is 3.18. The fourth-order valence-corrected chi connectivity index (χ4v) is 1.95. The van der Waals surface area contributed by atoms with E-state index < -0.39 is 17.3 Å². The van der Waals surface area contributed by atoms with Crippen molar-refractivity contribution in [1.29, 1.82) is 0 Å². The number of aliphatic hydroxyl groups is 1. The molecule has 0 aromatic rings. The minimum Gasteiger partial charge on any atom is -0.480 e. The van der Waals surface area contributed by atoms with Gasteiger partial charge in [0.05, 0.1) is 11.4 Å². The predicted octanol–water partition coefficient (Wildman–Crippen LogP) is 0.453. The highest BCUT2D eigenvalue weighted by Gasteiger charge is 2.23. The summed E-state index contributed by atoms with van der Waals surface area (Å²) >= 11 is 1.19. The number of hydrogen-bond donors (Lipinski definition) is 2. The van der Waals surface area contributed by atoms with Gasteiger partial charge >= 0.3 is 5.97 Å². The highest BCUT2D eigenvalue weighted by atomic mass is 32.2. The Labute approximate surface area is 86.0 Å². The van der Waals surface area contributed by atoms with Crippen LogP contribution < -0.4 is 0 Å². The Bertz CT molecular complexity index is 285. The minimum absolute atomic E-state index is 0.0809. The molecular formula is C9H12O4S. The molecule has 1 aliphatic rings. The van der Waals surface area contributed by atoms with E-state index in [1.54, 1.807) is 6.92 Å².